The van der Waals surface area contributed by atoms with Crippen LogP contribution >= 0.6 is 34.8 Å². The minimum absolute atomic E-state index is 0.190. The van der Waals surface area contributed by atoms with Gasteiger partial charge < -0.3 is 4.74 Å². The second-order valence-corrected chi connectivity index (χ2v) is 7.06. The molecule has 92 valence electrons. The lowest BCUT2D eigenvalue weighted by Gasteiger charge is -2.32. The maximum Gasteiger partial charge on any atom is 0.326 e. The smallest absolute Gasteiger partial charge is 0.326 e. The number of halogens is 3. The Morgan fingerprint density at radius 3 is 2.81 bits per heavy atom. The first-order chi connectivity index (χ1) is 7.41. The fraction of sp³-hybridized carbons (Fsp3) is 0.900. The summed E-state index contributed by atoms with van der Waals surface area (Å²) in [6, 6.07) is 0.453. The Kier molecular flexibility index (Phi) is 3.60. The van der Waals surface area contributed by atoms with E-state index in [1.165, 1.54) is 0 Å². The number of hydrogen-bond acceptors (Lipinski definition) is 3. The number of piperidine rings is 1. The topological polar surface area (TPSA) is 38.3 Å². The number of ether oxygens (including phenoxy) is 1. The quantitative estimate of drug-likeness (QED) is 0.626. The Balaban J connectivity index is 1.94. The van der Waals surface area contributed by atoms with Gasteiger partial charge in [-0.2, -0.15) is 0 Å². The van der Waals surface area contributed by atoms with Crippen molar-refractivity contribution in [3.8, 4) is 0 Å². The average molecular weight is 287 g/mol. The van der Waals surface area contributed by atoms with Crippen molar-refractivity contribution in [2.75, 3.05) is 6.61 Å². The van der Waals surface area contributed by atoms with E-state index < -0.39 is 9.33 Å². The first-order valence-electron chi connectivity index (χ1n) is 5.43. The van der Waals surface area contributed by atoms with E-state index >= 15 is 0 Å². The normalized spacial score (nSPS) is 33.8. The molecule has 2 unspecified atom stereocenters. The van der Waals surface area contributed by atoms with E-state index in [2.05, 4.69) is 5.32 Å². The van der Waals surface area contributed by atoms with Gasteiger partial charge in [0, 0.05) is 6.04 Å². The number of esters is 1. The Bertz CT molecular complexity index is 288. The van der Waals surface area contributed by atoms with Crippen LogP contribution in [0.3, 0.4) is 0 Å². The van der Waals surface area contributed by atoms with Gasteiger partial charge in [0.05, 0.1) is 0 Å². The highest BCUT2D eigenvalue weighted by atomic mass is 35.6. The number of carbonyl (C=O) groups is 1. The van der Waals surface area contributed by atoms with Crippen LogP contribution in [0.2, 0.25) is 0 Å². The lowest BCUT2D eigenvalue weighted by atomic mass is 9.91. The van der Waals surface area contributed by atoms with Crippen LogP contribution in [-0.2, 0) is 9.53 Å². The van der Waals surface area contributed by atoms with Gasteiger partial charge >= 0.3 is 5.97 Å². The molecular formula is C10H14Cl3NO2. The van der Waals surface area contributed by atoms with Crippen LogP contribution in [0, 0.1) is 0 Å². The molecule has 0 aromatic rings. The second-order valence-electron chi connectivity index (χ2n) is 4.55. The van der Waals surface area contributed by atoms with Gasteiger partial charge in [-0.05, 0) is 32.1 Å². The highest BCUT2D eigenvalue weighted by Crippen LogP contribution is 2.37. The molecule has 0 aliphatic carbocycles. The predicted octanol–water partition coefficient (Wildman–Crippen LogP) is 2.57. The van der Waals surface area contributed by atoms with Crippen molar-refractivity contribution in [3.63, 3.8) is 0 Å². The van der Waals surface area contributed by atoms with Crippen molar-refractivity contribution in [2.24, 2.45) is 0 Å². The number of fused-ring (bicyclic) bond motifs is 2. The molecule has 2 aliphatic heterocycles. The lowest BCUT2D eigenvalue weighted by molar-refractivity contribution is -0.152. The lowest BCUT2D eigenvalue weighted by Crippen LogP contribution is -2.53. The molecule has 2 bridgehead atoms. The summed E-state index contributed by atoms with van der Waals surface area (Å²) >= 11 is 16.6. The summed E-state index contributed by atoms with van der Waals surface area (Å²) < 4.78 is 3.54. The van der Waals surface area contributed by atoms with E-state index in [4.69, 9.17) is 39.5 Å². The molecule has 6 heteroatoms. The van der Waals surface area contributed by atoms with E-state index in [9.17, 15) is 4.79 Å². The first-order valence-corrected chi connectivity index (χ1v) is 6.56. The van der Waals surface area contributed by atoms with Crippen LogP contribution in [0.1, 0.15) is 32.1 Å². The number of hydrogen-bond donors (Lipinski definition) is 1. The molecule has 0 amide bonds. The number of alkyl halides is 3. The maximum atomic E-state index is 12.0. The summed E-state index contributed by atoms with van der Waals surface area (Å²) in [5.41, 5.74) is -0.515. The third-order valence-corrected chi connectivity index (χ3v) is 3.64. The zero-order valence-electron chi connectivity index (χ0n) is 8.77. The SMILES string of the molecule is O=C(OCC(Cl)(Cl)Cl)C12CCCC(CC1)N2. The van der Waals surface area contributed by atoms with Gasteiger partial charge in [-0.25, -0.2) is 0 Å². The summed E-state index contributed by atoms with van der Waals surface area (Å²) in [4.78, 5) is 12.0. The van der Waals surface area contributed by atoms with E-state index in [0.29, 0.717) is 6.04 Å². The second kappa shape index (κ2) is 4.52. The zero-order chi connectivity index (χ0) is 11.8. The summed E-state index contributed by atoms with van der Waals surface area (Å²) in [5.74, 6) is -0.277. The van der Waals surface area contributed by atoms with Crippen molar-refractivity contribution in [3.05, 3.63) is 0 Å². The van der Waals surface area contributed by atoms with Gasteiger partial charge in [0.1, 0.15) is 12.1 Å². The Labute approximate surface area is 110 Å². The minimum atomic E-state index is -1.53. The van der Waals surface area contributed by atoms with Gasteiger partial charge in [0.15, 0.2) is 0 Å². The van der Waals surface area contributed by atoms with Gasteiger partial charge in [-0.15, -0.1) is 0 Å². The van der Waals surface area contributed by atoms with Crippen LogP contribution in [0.15, 0.2) is 0 Å². The van der Waals surface area contributed by atoms with Crippen molar-refractivity contribution in [1.29, 1.82) is 0 Å². The van der Waals surface area contributed by atoms with Crippen molar-refractivity contribution >= 4 is 40.8 Å². The summed E-state index contributed by atoms with van der Waals surface area (Å²) in [6.07, 6.45) is 4.88. The third kappa shape index (κ3) is 2.76. The van der Waals surface area contributed by atoms with Gasteiger partial charge in [-0.1, -0.05) is 34.8 Å². The molecule has 0 spiro atoms. The van der Waals surface area contributed by atoms with E-state index in [1.807, 2.05) is 0 Å². The molecule has 2 aliphatic rings. The van der Waals surface area contributed by atoms with Gasteiger partial charge in [0.25, 0.3) is 0 Å². The Morgan fingerprint density at radius 1 is 1.38 bits per heavy atom. The summed E-state index contributed by atoms with van der Waals surface area (Å²) in [5, 5.41) is 3.34. The van der Waals surface area contributed by atoms with Crippen LogP contribution in [0.5, 0.6) is 0 Å². The first kappa shape index (κ1) is 12.7. The fourth-order valence-corrected chi connectivity index (χ4v) is 2.73. The van der Waals surface area contributed by atoms with E-state index in [0.717, 1.165) is 32.1 Å². The summed E-state index contributed by atoms with van der Waals surface area (Å²) in [6.45, 7) is -0.190. The standard InChI is InChI=1S/C10H14Cl3NO2/c11-10(12,13)6-16-8(15)9-4-1-2-7(14-9)3-5-9/h7,14H,1-6H2. The number of nitrogens with one attached hydrogen (secondary N) is 1. The molecule has 1 N–H and O–H groups in total. The van der Waals surface area contributed by atoms with E-state index in [-0.39, 0.29) is 12.6 Å². The third-order valence-electron chi connectivity index (χ3n) is 3.31. The highest BCUT2D eigenvalue weighted by Gasteiger charge is 2.48. The van der Waals surface area contributed by atoms with Gasteiger partial charge in [-0.3, -0.25) is 10.1 Å². The van der Waals surface area contributed by atoms with Crippen molar-refractivity contribution in [2.45, 2.75) is 47.5 Å². The molecule has 2 atom stereocenters. The van der Waals surface area contributed by atoms with Crippen molar-refractivity contribution in [1.82, 2.24) is 5.32 Å². The molecule has 0 saturated carbocycles. The van der Waals surface area contributed by atoms with Crippen LogP contribution < -0.4 is 5.32 Å². The molecule has 2 saturated heterocycles. The molecule has 2 fully saturated rings. The minimum Gasteiger partial charge on any atom is -0.460 e. The van der Waals surface area contributed by atoms with Gasteiger partial charge in [0.2, 0.25) is 3.79 Å². The van der Waals surface area contributed by atoms with Crippen LogP contribution in [0.4, 0.5) is 0 Å². The average Bonchev–Trinajstić information content (AvgIpc) is 2.51. The number of rotatable bonds is 2. The molecule has 2 heterocycles. The molecule has 0 aromatic carbocycles. The molecule has 0 radical (unpaired) electrons. The zero-order valence-corrected chi connectivity index (χ0v) is 11.0. The Hall–Kier alpha value is 0.300. The predicted molar refractivity (Wildman–Crippen MR) is 64.0 cm³/mol. The number of carbonyl (C=O) groups excluding carboxylic acids is 1. The highest BCUT2D eigenvalue weighted by molar-refractivity contribution is 6.67. The molecule has 3 nitrogen and oxygen atoms in total. The maximum absolute atomic E-state index is 12.0. The fourth-order valence-electron chi connectivity index (χ4n) is 2.57. The van der Waals surface area contributed by atoms with Crippen LogP contribution in [-0.4, -0.2) is 27.9 Å². The summed E-state index contributed by atoms with van der Waals surface area (Å²) in [7, 11) is 0. The molecule has 0 aromatic heterocycles. The Morgan fingerprint density at radius 2 is 2.12 bits per heavy atom. The van der Waals surface area contributed by atoms with E-state index in [1.54, 1.807) is 0 Å². The monoisotopic (exact) mass is 285 g/mol. The molecular weight excluding hydrogens is 272 g/mol. The van der Waals surface area contributed by atoms with Crippen molar-refractivity contribution < 1.29 is 9.53 Å². The molecule has 2 rings (SSSR count). The molecule has 16 heavy (non-hydrogen) atoms. The van der Waals surface area contributed by atoms with Crippen LogP contribution in [0.25, 0.3) is 0 Å². The largest absolute Gasteiger partial charge is 0.460 e.